The van der Waals surface area contributed by atoms with Crippen LogP contribution in [-0.2, 0) is 6.42 Å². The zero-order valence-corrected chi connectivity index (χ0v) is 13.6. The van der Waals surface area contributed by atoms with Crippen molar-refractivity contribution in [2.24, 2.45) is 0 Å². The molecule has 5 nitrogen and oxygen atoms in total. The number of hydrogen-bond donors (Lipinski definition) is 0. The van der Waals surface area contributed by atoms with Crippen LogP contribution in [0.25, 0.3) is 0 Å². The molecule has 0 aromatic carbocycles. The van der Waals surface area contributed by atoms with Crippen LogP contribution in [0.5, 0.6) is 0 Å². The number of likely N-dealkylation sites (tertiary alicyclic amines) is 1. The standard InChI is InChI=1S/C18H22N4O/c1-21(2)16-7-11-22(18(23)15-4-3-8-20-13-15)17(16)12-14-5-9-19-10-6-14/h3-6,8-10,13,16-17H,7,11-12H2,1-2H3/t16-,17+/m1/s1. The molecule has 0 spiro atoms. The van der Waals surface area contributed by atoms with Crippen molar-refractivity contribution in [1.82, 2.24) is 19.8 Å². The smallest absolute Gasteiger partial charge is 0.255 e. The minimum absolute atomic E-state index is 0.0708. The fraction of sp³-hybridized carbons (Fsp3) is 0.389. The van der Waals surface area contributed by atoms with Crippen molar-refractivity contribution in [3.8, 4) is 0 Å². The normalized spacial score (nSPS) is 20.9. The third kappa shape index (κ3) is 3.40. The van der Waals surface area contributed by atoms with Crippen LogP contribution in [0.2, 0.25) is 0 Å². The molecular weight excluding hydrogens is 288 g/mol. The summed E-state index contributed by atoms with van der Waals surface area (Å²) in [5.41, 5.74) is 1.87. The molecule has 1 fully saturated rings. The van der Waals surface area contributed by atoms with Gasteiger partial charge in [-0.05, 0) is 56.8 Å². The van der Waals surface area contributed by atoms with Crippen molar-refractivity contribution < 1.29 is 4.79 Å². The third-order valence-electron chi connectivity index (χ3n) is 4.54. The van der Waals surface area contributed by atoms with Crippen LogP contribution in [0.1, 0.15) is 22.3 Å². The maximum atomic E-state index is 12.9. The topological polar surface area (TPSA) is 49.3 Å². The van der Waals surface area contributed by atoms with Gasteiger partial charge in [-0.2, -0.15) is 0 Å². The molecule has 0 unspecified atom stereocenters. The van der Waals surface area contributed by atoms with Crippen molar-refractivity contribution in [3.63, 3.8) is 0 Å². The van der Waals surface area contributed by atoms with E-state index >= 15 is 0 Å². The van der Waals surface area contributed by atoms with Gasteiger partial charge in [0.15, 0.2) is 0 Å². The average Bonchev–Trinajstić information content (AvgIpc) is 2.99. The summed E-state index contributed by atoms with van der Waals surface area (Å²) >= 11 is 0. The highest BCUT2D eigenvalue weighted by Gasteiger charge is 2.38. The van der Waals surface area contributed by atoms with Gasteiger partial charge in [-0.3, -0.25) is 14.8 Å². The summed E-state index contributed by atoms with van der Waals surface area (Å²) in [6.45, 7) is 0.784. The monoisotopic (exact) mass is 310 g/mol. The molecule has 3 rings (SSSR count). The van der Waals surface area contributed by atoms with E-state index in [2.05, 4.69) is 29.0 Å². The van der Waals surface area contributed by atoms with Crippen LogP contribution < -0.4 is 0 Å². The molecule has 23 heavy (non-hydrogen) atoms. The Morgan fingerprint density at radius 2 is 2.00 bits per heavy atom. The van der Waals surface area contributed by atoms with E-state index in [1.165, 1.54) is 5.56 Å². The Morgan fingerprint density at radius 1 is 1.22 bits per heavy atom. The van der Waals surface area contributed by atoms with Gasteiger partial charge in [0.25, 0.3) is 5.91 Å². The largest absolute Gasteiger partial charge is 0.334 e. The van der Waals surface area contributed by atoms with Gasteiger partial charge >= 0.3 is 0 Å². The summed E-state index contributed by atoms with van der Waals surface area (Å²) in [6, 6.07) is 8.23. The second-order valence-corrected chi connectivity index (χ2v) is 6.19. The maximum Gasteiger partial charge on any atom is 0.255 e. The molecule has 5 heteroatoms. The lowest BCUT2D eigenvalue weighted by molar-refractivity contribution is 0.0704. The van der Waals surface area contributed by atoms with Crippen molar-refractivity contribution in [2.75, 3.05) is 20.6 Å². The first-order chi connectivity index (χ1) is 11.2. The Balaban J connectivity index is 1.85. The van der Waals surface area contributed by atoms with Crippen LogP contribution in [0.15, 0.2) is 49.1 Å². The molecule has 0 N–H and O–H groups in total. The minimum Gasteiger partial charge on any atom is -0.334 e. The quantitative estimate of drug-likeness (QED) is 0.865. The predicted molar refractivity (Wildman–Crippen MR) is 89.1 cm³/mol. The van der Waals surface area contributed by atoms with Gasteiger partial charge in [0.05, 0.1) is 11.6 Å². The number of hydrogen-bond acceptors (Lipinski definition) is 4. The highest BCUT2D eigenvalue weighted by molar-refractivity contribution is 5.94. The molecule has 3 heterocycles. The lowest BCUT2D eigenvalue weighted by Crippen LogP contribution is -2.45. The van der Waals surface area contributed by atoms with E-state index < -0.39 is 0 Å². The number of rotatable bonds is 4. The van der Waals surface area contributed by atoms with Crippen molar-refractivity contribution in [3.05, 3.63) is 60.2 Å². The molecule has 0 bridgehead atoms. The molecule has 2 atom stereocenters. The SMILES string of the molecule is CN(C)[C@@H]1CCN(C(=O)c2cccnc2)[C@H]1Cc1ccncc1. The van der Waals surface area contributed by atoms with Crippen LogP contribution in [-0.4, -0.2) is 58.4 Å². The van der Waals surface area contributed by atoms with Crippen LogP contribution in [0.4, 0.5) is 0 Å². The Labute approximate surface area is 137 Å². The van der Waals surface area contributed by atoms with Crippen molar-refractivity contribution in [2.45, 2.75) is 24.9 Å². The zero-order valence-electron chi connectivity index (χ0n) is 13.6. The molecule has 0 saturated carbocycles. The second-order valence-electron chi connectivity index (χ2n) is 6.19. The first-order valence-electron chi connectivity index (χ1n) is 7.93. The average molecular weight is 310 g/mol. The Morgan fingerprint density at radius 3 is 2.65 bits per heavy atom. The molecule has 2 aromatic rings. The summed E-state index contributed by atoms with van der Waals surface area (Å²) in [5.74, 6) is 0.0708. The number of likely N-dealkylation sites (N-methyl/N-ethyl adjacent to an activating group) is 1. The van der Waals surface area contributed by atoms with E-state index in [0.29, 0.717) is 11.6 Å². The molecule has 1 aliphatic heterocycles. The molecule has 0 aliphatic carbocycles. The molecule has 0 radical (unpaired) electrons. The van der Waals surface area contributed by atoms with E-state index in [9.17, 15) is 4.79 Å². The zero-order chi connectivity index (χ0) is 16.2. The highest BCUT2D eigenvalue weighted by atomic mass is 16.2. The summed E-state index contributed by atoms with van der Waals surface area (Å²) in [6.07, 6.45) is 8.79. The number of aromatic nitrogens is 2. The van der Waals surface area contributed by atoms with Crippen molar-refractivity contribution >= 4 is 5.91 Å². The lowest BCUT2D eigenvalue weighted by atomic mass is 10.00. The van der Waals surface area contributed by atoms with E-state index in [4.69, 9.17) is 0 Å². The van der Waals surface area contributed by atoms with Gasteiger partial charge in [0, 0.05) is 37.4 Å². The van der Waals surface area contributed by atoms with Gasteiger partial charge in [0.2, 0.25) is 0 Å². The molecule has 120 valence electrons. The van der Waals surface area contributed by atoms with E-state index in [1.807, 2.05) is 41.6 Å². The Bertz CT molecular complexity index is 645. The summed E-state index contributed by atoms with van der Waals surface area (Å²) in [7, 11) is 4.17. The van der Waals surface area contributed by atoms with Gasteiger partial charge in [-0.1, -0.05) is 0 Å². The summed E-state index contributed by atoms with van der Waals surface area (Å²) < 4.78 is 0. The number of pyridine rings is 2. The molecule has 1 saturated heterocycles. The number of nitrogens with zero attached hydrogens (tertiary/aromatic N) is 4. The first kappa shape index (κ1) is 15.6. The van der Waals surface area contributed by atoms with E-state index in [-0.39, 0.29) is 11.9 Å². The Hall–Kier alpha value is -2.27. The van der Waals surface area contributed by atoms with E-state index in [1.54, 1.807) is 12.4 Å². The lowest BCUT2D eigenvalue weighted by Gasteiger charge is -2.31. The van der Waals surface area contributed by atoms with Gasteiger partial charge in [0.1, 0.15) is 0 Å². The predicted octanol–water partition coefficient (Wildman–Crippen LogP) is 1.86. The summed E-state index contributed by atoms with van der Waals surface area (Å²) in [5, 5.41) is 0. The van der Waals surface area contributed by atoms with Crippen LogP contribution >= 0.6 is 0 Å². The van der Waals surface area contributed by atoms with Gasteiger partial charge in [-0.25, -0.2) is 0 Å². The highest BCUT2D eigenvalue weighted by Crippen LogP contribution is 2.26. The van der Waals surface area contributed by atoms with E-state index in [0.717, 1.165) is 19.4 Å². The van der Waals surface area contributed by atoms with Gasteiger partial charge in [-0.15, -0.1) is 0 Å². The molecule has 2 aromatic heterocycles. The number of carbonyl (C=O) groups is 1. The van der Waals surface area contributed by atoms with Crippen LogP contribution in [0.3, 0.4) is 0 Å². The minimum atomic E-state index is 0.0708. The first-order valence-corrected chi connectivity index (χ1v) is 7.93. The number of carbonyl (C=O) groups excluding carboxylic acids is 1. The Kier molecular flexibility index (Phi) is 4.67. The van der Waals surface area contributed by atoms with Crippen molar-refractivity contribution in [1.29, 1.82) is 0 Å². The number of amides is 1. The molecular formula is C18H22N4O. The summed E-state index contributed by atoms with van der Waals surface area (Å²) in [4.78, 5) is 25.2. The molecule has 1 amide bonds. The fourth-order valence-corrected chi connectivity index (χ4v) is 3.35. The molecule has 1 aliphatic rings. The van der Waals surface area contributed by atoms with Crippen LogP contribution in [0, 0.1) is 0 Å². The van der Waals surface area contributed by atoms with Gasteiger partial charge < -0.3 is 9.80 Å². The fourth-order valence-electron chi connectivity index (χ4n) is 3.35. The maximum absolute atomic E-state index is 12.9. The second kappa shape index (κ2) is 6.87. The third-order valence-corrected chi connectivity index (χ3v) is 4.54.